The highest BCUT2D eigenvalue weighted by Crippen LogP contribution is 2.25. The summed E-state index contributed by atoms with van der Waals surface area (Å²) in [5.41, 5.74) is 9.02. The number of hydrogen-bond donors (Lipinski definition) is 1. The molecule has 0 aliphatic rings. The first-order chi connectivity index (χ1) is 10.1. The summed E-state index contributed by atoms with van der Waals surface area (Å²) in [6.45, 7) is 2.15. The molecule has 2 rings (SSSR count). The summed E-state index contributed by atoms with van der Waals surface area (Å²) in [4.78, 5) is 11.5. The molecular weight excluding hydrogens is 286 g/mol. The quantitative estimate of drug-likeness (QED) is 0.851. The monoisotopic (exact) mass is 303 g/mol. The number of rotatable bonds is 5. The van der Waals surface area contributed by atoms with Crippen LogP contribution in [0.1, 0.15) is 24.9 Å². The SMILES string of the molecule is CCOC(=O)CC(N)c1cccc(-c2cccc(Cl)c2)c1. The van der Waals surface area contributed by atoms with Crippen LogP contribution in [0.15, 0.2) is 48.5 Å². The lowest BCUT2D eigenvalue weighted by Gasteiger charge is -2.13. The first kappa shape index (κ1) is 15.5. The van der Waals surface area contributed by atoms with Crippen LogP contribution < -0.4 is 5.73 Å². The standard InChI is InChI=1S/C17H18ClNO2/c1-2-21-17(20)11-16(19)14-7-3-5-12(9-14)13-6-4-8-15(18)10-13/h3-10,16H,2,11,19H2,1H3. The Hall–Kier alpha value is -1.84. The smallest absolute Gasteiger partial charge is 0.307 e. The van der Waals surface area contributed by atoms with Crippen LogP contribution in [0.2, 0.25) is 5.02 Å². The molecule has 1 unspecified atom stereocenters. The van der Waals surface area contributed by atoms with Gasteiger partial charge >= 0.3 is 5.97 Å². The van der Waals surface area contributed by atoms with E-state index >= 15 is 0 Å². The minimum atomic E-state index is -0.372. The highest BCUT2D eigenvalue weighted by Gasteiger charge is 2.13. The topological polar surface area (TPSA) is 52.3 Å². The summed E-state index contributed by atoms with van der Waals surface area (Å²) in [6.07, 6.45) is 0.173. The van der Waals surface area contributed by atoms with E-state index in [0.717, 1.165) is 16.7 Å². The molecule has 0 bridgehead atoms. The second-order valence-corrected chi connectivity index (χ2v) is 5.19. The van der Waals surface area contributed by atoms with Crippen molar-refractivity contribution >= 4 is 17.6 Å². The zero-order valence-corrected chi connectivity index (χ0v) is 12.6. The van der Waals surface area contributed by atoms with Gasteiger partial charge in [-0.05, 0) is 41.8 Å². The lowest BCUT2D eigenvalue weighted by Crippen LogP contribution is -2.17. The number of nitrogens with two attached hydrogens (primary N) is 1. The van der Waals surface area contributed by atoms with E-state index in [9.17, 15) is 4.79 Å². The van der Waals surface area contributed by atoms with Gasteiger partial charge in [0.1, 0.15) is 0 Å². The van der Waals surface area contributed by atoms with Crippen LogP contribution >= 0.6 is 11.6 Å². The molecule has 0 aliphatic carbocycles. The number of hydrogen-bond acceptors (Lipinski definition) is 3. The van der Waals surface area contributed by atoms with Gasteiger partial charge in [-0.3, -0.25) is 4.79 Å². The second-order valence-electron chi connectivity index (χ2n) is 4.75. The number of esters is 1. The van der Waals surface area contributed by atoms with Gasteiger partial charge in [0.25, 0.3) is 0 Å². The fraction of sp³-hybridized carbons (Fsp3) is 0.235. The van der Waals surface area contributed by atoms with Gasteiger partial charge < -0.3 is 10.5 Å². The molecule has 4 heteroatoms. The first-order valence-electron chi connectivity index (χ1n) is 6.87. The minimum absolute atomic E-state index is 0.173. The summed E-state index contributed by atoms with van der Waals surface area (Å²) < 4.78 is 4.93. The van der Waals surface area contributed by atoms with Crippen LogP contribution in [-0.4, -0.2) is 12.6 Å². The number of carbonyl (C=O) groups is 1. The van der Waals surface area contributed by atoms with Crippen LogP contribution in [0, 0.1) is 0 Å². The highest BCUT2D eigenvalue weighted by atomic mass is 35.5. The van der Waals surface area contributed by atoms with E-state index < -0.39 is 0 Å². The molecule has 1 atom stereocenters. The third kappa shape index (κ3) is 4.31. The van der Waals surface area contributed by atoms with Crippen molar-refractivity contribution in [3.8, 4) is 11.1 Å². The van der Waals surface area contributed by atoms with E-state index in [1.165, 1.54) is 0 Å². The van der Waals surface area contributed by atoms with Crippen molar-refractivity contribution in [2.24, 2.45) is 5.73 Å². The van der Waals surface area contributed by atoms with Crippen LogP contribution in [0.3, 0.4) is 0 Å². The van der Waals surface area contributed by atoms with Crippen molar-refractivity contribution in [2.45, 2.75) is 19.4 Å². The average Bonchev–Trinajstić information content (AvgIpc) is 2.47. The largest absolute Gasteiger partial charge is 0.466 e. The molecule has 0 radical (unpaired) electrons. The molecule has 0 spiro atoms. The Morgan fingerprint density at radius 2 is 1.86 bits per heavy atom. The Bertz CT molecular complexity index is 628. The summed E-state index contributed by atoms with van der Waals surface area (Å²) in [7, 11) is 0. The molecule has 110 valence electrons. The molecule has 2 aromatic carbocycles. The van der Waals surface area contributed by atoms with E-state index in [0.29, 0.717) is 11.6 Å². The molecule has 2 N–H and O–H groups in total. The van der Waals surface area contributed by atoms with E-state index in [4.69, 9.17) is 22.1 Å². The Labute approximate surface area is 129 Å². The van der Waals surface area contributed by atoms with E-state index in [-0.39, 0.29) is 18.4 Å². The summed E-state index contributed by atoms with van der Waals surface area (Å²) in [5, 5.41) is 0.689. The molecule has 3 nitrogen and oxygen atoms in total. The highest BCUT2D eigenvalue weighted by molar-refractivity contribution is 6.30. The molecule has 0 aliphatic heterocycles. The van der Waals surface area contributed by atoms with Crippen molar-refractivity contribution < 1.29 is 9.53 Å². The predicted octanol–water partition coefficient (Wildman–Crippen LogP) is 3.96. The molecule has 0 aromatic heterocycles. The lowest BCUT2D eigenvalue weighted by molar-refractivity contribution is -0.143. The summed E-state index contributed by atoms with van der Waals surface area (Å²) >= 11 is 6.01. The van der Waals surface area contributed by atoms with E-state index in [2.05, 4.69) is 0 Å². The van der Waals surface area contributed by atoms with E-state index in [1.54, 1.807) is 6.92 Å². The van der Waals surface area contributed by atoms with E-state index in [1.807, 2.05) is 48.5 Å². The third-order valence-electron chi connectivity index (χ3n) is 3.16. The number of carbonyl (C=O) groups excluding carboxylic acids is 1. The zero-order chi connectivity index (χ0) is 15.2. The molecule has 0 saturated carbocycles. The predicted molar refractivity (Wildman–Crippen MR) is 85.1 cm³/mol. The first-order valence-corrected chi connectivity index (χ1v) is 7.25. The zero-order valence-electron chi connectivity index (χ0n) is 11.9. The van der Waals surface area contributed by atoms with Crippen LogP contribution in [-0.2, 0) is 9.53 Å². The Morgan fingerprint density at radius 3 is 2.52 bits per heavy atom. The third-order valence-corrected chi connectivity index (χ3v) is 3.40. The fourth-order valence-electron chi connectivity index (χ4n) is 2.13. The number of halogens is 1. The van der Waals surface area contributed by atoms with Gasteiger partial charge in [-0.15, -0.1) is 0 Å². The van der Waals surface area contributed by atoms with Crippen LogP contribution in [0.4, 0.5) is 0 Å². The lowest BCUT2D eigenvalue weighted by atomic mass is 9.98. The van der Waals surface area contributed by atoms with Gasteiger partial charge in [0.05, 0.1) is 13.0 Å². The molecular formula is C17H18ClNO2. The number of ether oxygens (including phenoxy) is 1. The van der Waals surface area contributed by atoms with Gasteiger partial charge in [-0.2, -0.15) is 0 Å². The Kier molecular flexibility index (Phi) is 5.37. The van der Waals surface area contributed by atoms with Gasteiger partial charge in [-0.25, -0.2) is 0 Å². The van der Waals surface area contributed by atoms with Gasteiger partial charge in [0, 0.05) is 11.1 Å². The van der Waals surface area contributed by atoms with Gasteiger partial charge in [-0.1, -0.05) is 41.9 Å². The molecule has 0 amide bonds. The minimum Gasteiger partial charge on any atom is -0.466 e. The molecule has 0 heterocycles. The second kappa shape index (κ2) is 7.25. The summed E-state index contributed by atoms with van der Waals surface area (Å²) in [5.74, 6) is -0.279. The molecule has 0 fully saturated rings. The molecule has 0 saturated heterocycles. The Morgan fingerprint density at radius 1 is 1.19 bits per heavy atom. The van der Waals surface area contributed by atoms with Gasteiger partial charge in [0.2, 0.25) is 0 Å². The Balaban J connectivity index is 2.19. The van der Waals surface area contributed by atoms with Crippen LogP contribution in [0.25, 0.3) is 11.1 Å². The average molecular weight is 304 g/mol. The van der Waals surface area contributed by atoms with Crippen molar-refractivity contribution in [3.63, 3.8) is 0 Å². The number of benzene rings is 2. The summed E-state index contributed by atoms with van der Waals surface area (Å²) in [6, 6.07) is 15.1. The fourth-order valence-corrected chi connectivity index (χ4v) is 2.32. The van der Waals surface area contributed by atoms with Crippen molar-refractivity contribution in [2.75, 3.05) is 6.61 Å². The van der Waals surface area contributed by atoms with Gasteiger partial charge in [0.15, 0.2) is 0 Å². The molecule has 21 heavy (non-hydrogen) atoms. The van der Waals surface area contributed by atoms with Crippen molar-refractivity contribution in [1.82, 2.24) is 0 Å². The van der Waals surface area contributed by atoms with Crippen molar-refractivity contribution in [1.29, 1.82) is 0 Å². The van der Waals surface area contributed by atoms with Crippen molar-refractivity contribution in [3.05, 3.63) is 59.1 Å². The van der Waals surface area contributed by atoms with Crippen LogP contribution in [0.5, 0.6) is 0 Å². The normalized spacial score (nSPS) is 12.0. The maximum absolute atomic E-state index is 11.5. The molecule has 2 aromatic rings. The maximum Gasteiger partial charge on any atom is 0.307 e. The maximum atomic E-state index is 11.5.